The van der Waals surface area contributed by atoms with Gasteiger partial charge in [-0.25, -0.2) is 0 Å². The number of carboxylic acid groups (broad SMARTS) is 1. The number of aliphatic carboxylic acids is 1. The summed E-state index contributed by atoms with van der Waals surface area (Å²) in [6.45, 7) is 5.34. The predicted octanol–water partition coefficient (Wildman–Crippen LogP) is 2.60. The van der Waals surface area contributed by atoms with Crippen molar-refractivity contribution in [2.45, 2.75) is 32.7 Å². The Morgan fingerprint density at radius 2 is 2.17 bits per heavy atom. The normalized spacial score (nSPS) is 12.1. The second-order valence-electron chi connectivity index (χ2n) is 4.14. The molecule has 1 aromatic carbocycles. The van der Waals surface area contributed by atoms with E-state index in [0.29, 0.717) is 19.6 Å². The second-order valence-corrected chi connectivity index (χ2v) is 4.14. The van der Waals surface area contributed by atoms with Crippen LogP contribution in [0.5, 0.6) is 5.75 Å². The zero-order valence-corrected chi connectivity index (χ0v) is 11.0. The SMILES string of the molecule is CCOc1ccccc1C(C)NCCCC(=O)O. The van der Waals surface area contributed by atoms with Crippen molar-refractivity contribution in [3.8, 4) is 5.75 Å². The molecule has 0 aliphatic heterocycles. The summed E-state index contributed by atoms with van der Waals surface area (Å²) in [6, 6.07) is 8.06. The van der Waals surface area contributed by atoms with Gasteiger partial charge in [0.15, 0.2) is 0 Å². The maximum Gasteiger partial charge on any atom is 0.303 e. The summed E-state index contributed by atoms with van der Waals surface area (Å²) < 4.78 is 5.57. The fourth-order valence-corrected chi connectivity index (χ4v) is 1.79. The number of carbonyl (C=O) groups is 1. The quantitative estimate of drug-likeness (QED) is 0.697. The Bertz CT molecular complexity index is 379. The van der Waals surface area contributed by atoms with Crippen molar-refractivity contribution < 1.29 is 14.6 Å². The summed E-state index contributed by atoms with van der Waals surface area (Å²) in [5.41, 5.74) is 1.11. The molecular formula is C14H21NO3. The molecule has 0 spiro atoms. The highest BCUT2D eigenvalue weighted by atomic mass is 16.5. The van der Waals surface area contributed by atoms with Gasteiger partial charge in [-0.05, 0) is 32.9 Å². The summed E-state index contributed by atoms with van der Waals surface area (Å²) in [7, 11) is 0. The minimum absolute atomic E-state index is 0.154. The Kier molecular flexibility index (Phi) is 6.22. The third kappa shape index (κ3) is 4.75. The van der Waals surface area contributed by atoms with E-state index in [1.54, 1.807) is 0 Å². The summed E-state index contributed by atoms with van der Waals surface area (Å²) >= 11 is 0. The molecule has 100 valence electrons. The standard InChI is InChI=1S/C14H21NO3/c1-3-18-13-8-5-4-7-12(13)11(2)15-10-6-9-14(16)17/h4-5,7-8,11,15H,3,6,9-10H2,1-2H3,(H,16,17). The molecule has 4 heteroatoms. The molecule has 18 heavy (non-hydrogen) atoms. The first kappa shape index (κ1) is 14.5. The minimum Gasteiger partial charge on any atom is -0.494 e. The van der Waals surface area contributed by atoms with E-state index in [2.05, 4.69) is 12.2 Å². The molecule has 0 saturated heterocycles. The van der Waals surface area contributed by atoms with E-state index in [0.717, 1.165) is 11.3 Å². The van der Waals surface area contributed by atoms with Crippen molar-refractivity contribution in [1.82, 2.24) is 5.32 Å². The van der Waals surface area contributed by atoms with Crippen molar-refractivity contribution in [2.24, 2.45) is 0 Å². The van der Waals surface area contributed by atoms with Crippen LogP contribution in [0.4, 0.5) is 0 Å². The Morgan fingerprint density at radius 3 is 2.83 bits per heavy atom. The first-order chi connectivity index (χ1) is 8.65. The Hall–Kier alpha value is -1.55. The van der Waals surface area contributed by atoms with Crippen molar-refractivity contribution >= 4 is 5.97 Å². The zero-order chi connectivity index (χ0) is 13.4. The zero-order valence-electron chi connectivity index (χ0n) is 11.0. The van der Waals surface area contributed by atoms with Gasteiger partial charge in [-0.15, -0.1) is 0 Å². The summed E-state index contributed by atoms with van der Waals surface area (Å²) in [5.74, 6) is 0.136. The molecule has 0 saturated carbocycles. The van der Waals surface area contributed by atoms with Gasteiger partial charge in [0.1, 0.15) is 5.75 Å². The van der Waals surface area contributed by atoms with Crippen molar-refractivity contribution in [3.05, 3.63) is 29.8 Å². The summed E-state index contributed by atoms with van der Waals surface area (Å²) in [4.78, 5) is 10.4. The Labute approximate surface area is 108 Å². The summed E-state index contributed by atoms with van der Waals surface area (Å²) in [5, 5.41) is 11.9. The van der Waals surface area contributed by atoms with E-state index in [1.165, 1.54) is 0 Å². The molecule has 0 aromatic heterocycles. The maximum absolute atomic E-state index is 10.4. The molecule has 0 aliphatic carbocycles. The number of hydrogen-bond acceptors (Lipinski definition) is 3. The fourth-order valence-electron chi connectivity index (χ4n) is 1.79. The highest BCUT2D eigenvalue weighted by Crippen LogP contribution is 2.24. The minimum atomic E-state index is -0.751. The molecule has 1 aromatic rings. The number of rotatable bonds is 8. The molecule has 0 heterocycles. The number of nitrogens with one attached hydrogen (secondary N) is 1. The van der Waals surface area contributed by atoms with Crippen molar-refractivity contribution in [1.29, 1.82) is 0 Å². The highest BCUT2D eigenvalue weighted by Gasteiger charge is 2.10. The molecule has 1 atom stereocenters. The van der Waals surface area contributed by atoms with Gasteiger partial charge in [-0.3, -0.25) is 4.79 Å². The average Bonchev–Trinajstić information content (AvgIpc) is 2.35. The van der Waals surface area contributed by atoms with E-state index in [4.69, 9.17) is 9.84 Å². The van der Waals surface area contributed by atoms with Gasteiger partial charge in [0.05, 0.1) is 6.61 Å². The number of ether oxygens (including phenoxy) is 1. The molecule has 2 N–H and O–H groups in total. The maximum atomic E-state index is 10.4. The fraction of sp³-hybridized carbons (Fsp3) is 0.500. The molecule has 0 radical (unpaired) electrons. The highest BCUT2D eigenvalue weighted by molar-refractivity contribution is 5.66. The smallest absolute Gasteiger partial charge is 0.303 e. The molecule has 1 rings (SSSR count). The lowest BCUT2D eigenvalue weighted by atomic mass is 10.1. The number of benzene rings is 1. The summed E-state index contributed by atoms with van der Waals surface area (Å²) in [6.07, 6.45) is 0.837. The molecule has 0 amide bonds. The van der Waals surface area contributed by atoms with Crippen LogP contribution in [-0.2, 0) is 4.79 Å². The van der Waals surface area contributed by atoms with Crippen LogP contribution in [0.2, 0.25) is 0 Å². The topological polar surface area (TPSA) is 58.6 Å². The van der Waals surface area contributed by atoms with E-state index in [-0.39, 0.29) is 12.5 Å². The van der Waals surface area contributed by atoms with Crippen LogP contribution < -0.4 is 10.1 Å². The van der Waals surface area contributed by atoms with Crippen LogP contribution in [-0.4, -0.2) is 24.2 Å². The van der Waals surface area contributed by atoms with Gasteiger partial charge in [0, 0.05) is 18.0 Å². The van der Waals surface area contributed by atoms with Crippen LogP contribution in [0.1, 0.15) is 38.3 Å². The number of carboxylic acids is 1. The van der Waals surface area contributed by atoms with E-state index < -0.39 is 5.97 Å². The van der Waals surface area contributed by atoms with Gasteiger partial charge in [-0.1, -0.05) is 18.2 Å². The van der Waals surface area contributed by atoms with Gasteiger partial charge in [0.25, 0.3) is 0 Å². The van der Waals surface area contributed by atoms with Crippen LogP contribution in [0.25, 0.3) is 0 Å². The molecule has 1 unspecified atom stereocenters. The Morgan fingerprint density at radius 1 is 1.44 bits per heavy atom. The van der Waals surface area contributed by atoms with Crippen molar-refractivity contribution in [3.63, 3.8) is 0 Å². The van der Waals surface area contributed by atoms with Gasteiger partial charge < -0.3 is 15.2 Å². The average molecular weight is 251 g/mol. The predicted molar refractivity (Wildman–Crippen MR) is 70.9 cm³/mol. The monoisotopic (exact) mass is 251 g/mol. The third-order valence-corrected chi connectivity index (χ3v) is 2.70. The van der Waals surface area contributed by atoms with Crippen LogP contribution in [0, 0.1) is 0 Å². The third-order valence-electron chi connectivity index (χ3n) is 2.70. The van der Waals surface area contributed by atoms with E-state index in [1.807, 2.05) is 31.2 Å². The molecule has 0 aliphatic rings. The lowest BCUT2D eigenvalue weighted by Crippen LogP contribution is -2.21. The van der Waals surface area contributed by atoms with Gasteiger partial charge in [0.2, 0.25) is 0 Å². The van der Waals surface area contributed by atoms with Crippen LogP contribution in [0.15, 0.2) is 24.3 Å². The van der Waals surface area contributed by atoms with E-state index in [9.17, 15) is 4.79 Å². The Balaban J connectivity index is 2.50. The molecule has 0 bridgehead atoms. The van der Waals surface area contributed by atoms with Gasteiger partial charge >= 0.3 is 5.97 Å². The van der Waals surface area contributed by atoms with Crippen LogP contribution >= 0.6 is 0 Å². The number of para-hydroxylation sites is 1. The first-order valence-electron chi connectivity index (χ1n) is 6.32. The molecular weight excluding hydrogens is 230 g/mol. The van der Waals surface area contributed by atoms with Gasteiger partial charge in [-0.2, -0.15) is 0 Å². The largest absolute Gasteiger partial charge is 0.494 e. The van der Waals surface area contributed by atoms with E-state index >= 15 is 0 Å². The lowest BCUT2D eigenvalue weighted by Gasteiger charge is -2.17. The molecule has 4 nitrogen and oxygen atoms in total. The first-order valence-corrected chi connectivity index (χ1v) is 6.32. The molecule has 0 fully saturated rings. The van der Waals surface area contributed by atoms with Crippen LogP contribution in [0.3, 0.4) is 0 Å². The van der Waals surface area contributed by atoms with Crippen molar-refractivity contribution in [2.75, 3.05) is 13.2 Å². The number of hydrogen-bond donors (Lipinski definition) is 2. The lowest BCUT2D eigenvalue weighted by molar-refractivity contribution is -0.137. The second kappa shape index (κ2) is 7.71.